The molecule has 2 atom stereocenters. The van der Waals surface area contributed by atoms with E-state index in [1.165, 1.54) is 10.6 Å². The lowest BCUT2D eigenvalue weighted by Crippen LogP contribution is -2.56. The molecule has 3 heterocycles. The lowest BCUT2D eigenvalue weighted by atomic mass is 9.74. The summed E-state index contributed by atoms with van der Waals surface area (Å²) in [6.45, 7) is 2.96. The molecule has 2 aliphatic rings. The molecule has 0 radical (unpaired) electrons. The number of para-hydroxylation sites is 2. The third-order valence-electron chi connectivity index (χ3n) is 8.60. The Morgan fingerprint density at radius 1 is 1.00 bits per heavy atom. The van der Waals surface area contributed by atoms with Gasteiger partial charge in [0.15, 0.2) is 0 Å². The number of carbonyl (C=O) groups is 3. The van der Waals surface area contributed by atoms with E-state index in [1.807, 2.05) is 61.7 Å². The van der Waals surface area contributed by atoms with E-state index in [-0.39, 0.29) is 36.2 Å². The molecule has 11 nitrogen and oxygen atoms in total. The van der Waals surface area contributed by atoms with Gasteiger partial charge in [0.25, 0.3) is 0 Å². The summed E-state index contributed by atoms with van der Waals surface area (Å²) in [7, 11) is -1.81. The van der Waals surface area contributed by atoms with E-state index in [2.05, 4.69) is 20.9 Å². The molecule has 0 bridgehead atoms. The van der Waals surface area contributed by atoms with Crippen LogP contribution in [0, 0.1) is 0 Å². The van der Waals surface area contributed by atoms with Gasteiger partial charge in [-0.3, -0.25) is 18.7 Å². The molecule has 0 aliphatic carbocycles. The van der Waals surface area contributed by atoms with Gasteiger partial charge in [0.05, 0.1) is 25.0 Å². The van der Waals surface area contributed by atoms with E-state index in [0.29, 0.717) is 38.2 Å². The van der Waals surface area contributed by atoms with Gasteiger partial charge in [0, 0.05) is 48.1 Å². The van der Waals surface area contributed by atoms with E-state index in [9.17, 15) is 22.8 Å². The zero-order valence-electron chi connectivity index (χ0n) is 24.1. The van der Waals surface area contributed by atoms with Crippen LogP contribution in [0.25, 0.3) is 10.9 Å². The van der Waals surface area contributed by atoms with Crippen molar-refractivity contribution in [1.29, 1.82) is 0 Å². The standard InChI is InChI=1S/C30H38N6O5S/c1-20(22-16-32-24-10-6-4-8-21(22)24)28(34-27(38)18-33-26(37)17-31-2)29(39)35-14-12-30(13-15-35)19-36(42(3,40)41)25-11-7-5-9-23(25)30/h4-11,16,20,28,31-32H,12-15,17-19H2,1-3H3,(H,33,37)(H,34,38)/t20-,28+/m1/s1. The van der Waals surface area contributed by atoms with E-state index in [1.54, 1.807) is 11.9 Å². The number of hydrogen-bond donors (Lipinski definition) is 4. The lowest BCUT2D eigenvalue weighted by Gasteiger charge is -2.41. The monoisotopic (exact) mass is 594 g/mol. The van der Waals surface area contributed by atoms with Crippen LogP contribution in [-0.4, -0.2) is 88.1 Å². The Morgan fingerprint density at radius 3 is 2.40 bits per heavy atom. The molecule has 5 rings (SSSR count). The van der Waals surface area contributed by atoms with Gasteiger partial charge in [-0.15, -0.1) is 0 Å². The van der Waals surface area contributed by atoms with Gasteiger partial charge in [-0.05, 0) is 43.1 Å². The molecule has 3 amide bonds. The number of nitrogens with zero attached hydrogens (tertiary/aromatic N) is 2. The van der Waals surface area contributed by atoms with Gasteiger partial charge < -0.3 is 25.8 Å². The summed E-state index contributed by atoms with van der Waals surface area (Å²) in [5.74, 6) is -1.34. The van der Waals surface area contributed by atoms with Crippen LogP contribution in [0.3, 0.4) is 0 Å². The van der Waals surface area contributed by atoms with Crippen LogP contribution in [0.4, 0.5) is 5.69 Å². The Balaban J connectivity index is 1.36. The Labute approximate surface area is 246 Å². The highest BCUT2D eigenvalue weighted by Crippen LogP contribution is 2.48. The number of carbonyl (C=O) groups excluding carboxylic acids is 3. The number of amides is 3. The van der Waals surface area contributed by atoms with Crippen molar-refractivity contribution in [3.05, 3.63) is 65.9 Å². The van der Waals surface area contributed by atoms with Crippen LogP contribution < -0.4 is 20.3 Å². The number of anilines is 1. The van der Waals surface area contributed by atoms with Gasteiger partial charge in [0.2, 0.25) is 27.7 Å². The van der Waals surface area contributed by atoms with Crippen LogP contribution in [0.5, 0.6) is 0 Å². The molecular weight excluding hydrogens is 556 g/mol. The van der Waals surface area contributed by atoms with Crippen LogP contribution in [0.1, 0.15) is 36.8 Å². The number of H-pyrrole nitrogens is 1. The van der Waals surface area contributed by atoms with Gasteiger partial charge in [0.1, 0.15) is 6.04 Å². The molecule has 224 valence electrons. The first kappa shape index (κ1) is 29.6. The molecule has 1 spiro atoms. The van der Waals surface area contributed by atoms with Crippen LogP contribution >= 0.6 is 0 Å². The molecule has 4 N–H and O–H groups in total. The predicted octanol–water partition coefficient (Wildman–Crippen LogP) is 1.43. The van der Waals surface area contributed by atoms with Crippen LogP contribution in [0.15, 0.2) is 54.7 Å². The van der Waals surface area contributed by atoms with Gasteiger partial charge in [-0.1, -0.05) is 43.3 Å². The van der Waals surface area contributed by atoms with E-state index in [0.717, 1.165) is 22.0 Å². The van der Waals surface area contributed by atoms with Gasteiger partial charge in [-0.2, -0.15) is 0 Å². The highest BCUT2D eigenvalue weighted by molar-refractivity contribution is 7.92. The maximum atomic E-state index is 14.1. The van der Waals surface area contributed by atoms with Crippen molar-refractivity contribution < 1.29 is 22.8 Å². The number of aromatic amines is 1. The molecule has 0 unspecified atom stereocenters. The van der Waals surface area contributed by atoms with Crippen molar-refractivity contribution in [2.24, 2.45) is 0 Å². The zero-order chi connectivity index (χ0) is 30.1. The summed E-state index contributed by atoms with van der Waals surface area (Å²) in [6.07, 6.45) is 4.30. The first-order chi connectivity index (χ1) is 20.0. The van der Waals surface area contributed by atoms with Crippen LogP contribution in [0.2, 0.25) is 0 Å². The highest BCUT2D eigenvalue weighted by atomic mass is 32.2. The summed E-state index contributed by atoms with van der Waals surface area (Å²) in [4.78, 5) is 44.0. The Kier molecular flexibility index (Phi) is 8.29. The first-order valence-corrected chi connectivity index (χ1v) is 16.0. The number of hydrogen-bond acceptors (Lipinski definition) is 6. The van der Waals surface area contributed by atoms with Crippen molar-refractivity contribution in [3.8, 4) is 0 Å². The smallest absolute Gasteiger partial charge is 0.245 e. The summed E-state index contributed by atoms with van der Waals surface area (Å²) < 4.78 is 26.7. The van der Waals surface area contributed by atoms with Crippen molar-refractivity contribution in [3.63, 3.8) is 0 Å². The Bertz CT molecular complexity index is 1590. The average Bonchev–Trinajstić information content (AvgIpc) is 3.55. The third-order valence-corrected chi connectivity index (χ3v) is 9.73. The topological polar surface area (TPSA) is 144 Å². The van der Waals surface area contributed by atoms with Crippen molar-refractivity contribution in [1.82, 2.24) is 25.8 Å². The molecule has 42 heavy (non-hydrogen) atoms. The molecule has 1 aromatic heterocycles. The number of benzene rings is 2. The molecule has 12 heteroatoms. The van der Waals surface area contributed by atoms with Crippen molar-refractivity contribution in [2.45, 2.75) is 37.1 Å². The number of likely N-dealkylation sites (N-methyl/N-ethyl adjacent to an activating group) is 1. The van der Waals surface area contributed by atoms with Gasteiger partial charge >= 0.3 is 0 Å². The predicted molar refractivity (Wildman–Crippen MR) is 162 cm³/mol. The zero-order valence-corrected chi connectivity index (χ0v) is 25.0. The fraction of sp³-hybridized carbons (Fsp3) is 0.433. The molecule has 2 aliphatic heterocycles. The number of sulfonamides is 1. The summed E-state index contributed by atoms with van der Waals surface area (Å²) >= 11 is 0. The number of rotatable bonds is 9. The number of nitrogens with one attached hydrogen (secondary N) is 4. The van der Waals surface area contributed by atoms with Crippen molar-refractivity contribution in [2.75, 3.05) is 50.3 Å². The second kappa shape index (κ2) is 11.8. The van der Waals surface area contributed by atoms with E-state index >= 15 is 0 Å². The lowest BCUT2D eigenvalue weighted by molar-refractivity contribution is -0.138. The van der Waals surface area contributed by atoms with E-state index < -0.39 is 22.0 Å². The number of piperidine rings is 1. The summed E-state index contributed by atoms with van der Waals surface area (Å²) in [5, 5.41) is 9.19. The molecule has 2 aromatic carbocycles. The Morgan fingerprint density at radius 2 is 1.69 bits per heavy atom. The number of aromatic nitrogens is 1. The fourth-order valence-electron chi connectivity index (χ4n) is 6.34. The second-order valence-corrected chi connectivity index (χ2v) is 13.2. The fourth-order valence-corrected chi connectivity index (χ4v) is 7.34. The maximum Gasteiger partial charge on any atom is 0.245 e. The third kappa shape index (κ3) is 5.73. The largest absolute Gasteiger partial charge is 0.361 e. The number of fused-ring (bicyclic) bond motifs is 3. The molecule has 0 saturated carbocycles. The van der Waals surface area contributed by atoms with Crippen molar-refractivity contribution >= 4 is 44.3 Å². The molecule has 3 aromatic rings. The number of likely N-dealkylation sites (tertiary alicyclic amines) is 1. The normalized spacial score (nSPS) is 17.6. The van der Waals surface area contributed by atoms with Gasteiger partial charge in [-0.25, -0.2) is 8.42 Å². The summed E-state index contributed by atoms with van der Waals surface area (Å²) in [5.41, 5.74) is 3.17. The second-order valence-electron chi connectivity index (χ2n) is 11.3. The molecular formula is C30H38N6O5S. The highest BCUT2D eigenvalue weighted by Gasteiger charge is 2.48. The Hall–Kier alpha value is -3.90. The first-order valence-electron chi connectivity index (χ1n) is 14.2. The molecule has 1 fully saturated rings. The average molecular weight is 595 g/mol. The molecule has 1 saturated heterocycles. The SMILES string of the molecule is CNCC(=O)NCC(=O)N[C@H](C(=O)N1CCC2(CC1)CN(S(C)(=O)=O)c1ccccc12)[C@H](C)c1c[nH]c2ccccc12. The quantitative estimate of drug-likeness (QED) is 0.295. The maximum absolute atomic E-state index is 14.1. The van der Waals surface area contributed by atoms with Crippen LogP contribution in [-0.2, 0) is 29.8 Å². The minimum atomic E-state index is -3.45. The minimum Gasteiger partial charge on any atom is -0.361 e. The summed E-state index contributed by atoms with van der Waals surface area (Å²) in [6, 6.07) is 14.5. The van der Waals surface area contributed by atoms with E-state index in [4.69, 9.17) is 0 Å². The minimum absolute atomic E-state index is 0.0802.